The van der Waals surface area contributed by atoms with Gasteiger partial charge < -0.3 is 5.73 Å². The summed E-state index contributed by atoms with van der Waals surface area (Å²) in [6, 6.07) is 13.1. The summed E-state index contributed by atoms with van der Waals surface area (Å²) in [6.07, 6.45) is 0. The van der Waals surface area contributed by atoms with Crippen molar-refractivity contribution >= 4 is 11.3 Å². The predicted octanol–water partition coefficient (Wildman–Crippen LogP) is 3.19. The molecule has 0 aliphatic rings. The van der Waals surface area contributed by atoms with Crippen molar-refractivity contribution in [3.8, 4) is 0 Å². The molecule has 0 bridgehead atoms. The molecule has 1 aromatic carbocycles. The van der Waals surface area contributed by atoms with Gasteiger partial charge in [0.05, 0.1) is 6.04 Å². The summed E-state index contributed by atoms with van der Waals surface area (Å²) in [6.45, 7) is 3.75. The van der Waals surface area contributed by atoms with Crippen LogP contribution in [0.2, 0.25) is 0 Å². The Labute approximate surface area is 113 Å². The van der Waals surface area contributed by atoms with Crippen molar-refractivity contribution in [3.63, 3.8) is 0 Å². The fraction of sp³-hybridized carbons (Fsp3) is 0.333. The van der Waals surface area contributed by atoms with Gasteiger partial charge in [-0.25, -0.2) is 0 Å². The lowest BCUT2D eigenvalue weighted by Crippen LogP contribution is -2.29. The zero-order valence-electron chi connectivity index (χ0n) is 11.0. The molecule has 2 N–H and O–H groups in total. The molecule has 1 heterocycles. The van der Waals surface area contributed by atoms with Crippen LogP contribution in [0.25, 0.3) is 0 Å². The van der Waals surface area contributed by atoms with Crippen molar-refractivity contribution < 1.29 is 0 Å². The summed E-state index contributed by atoms with van der Waals surface area (Å²) in [4.78, 5) is 3.67. The van der Waals surface area contributed by atoms with E-state index >= 15 is 0 Å². The normalized spacial score (nSPS) is 12.9. The van der Waals surface area contributed by atoms with Crippen molar-refractivity contribution in [2.45, 2.75) is 19.5 Å². The molecule has 0 spiro atoms. The average molecular weight is 260 g/mol. The van der Waals surface area contributed by atoms with E-state index in [2.05, 4.69) is 60.6 Å². The number of thiophene rings is 1. The number of hydrogen-bond donors (Lipinski definition) is 1. The van der Waals surface area contributed by atoms with Crippen LogP contribution >= 0.6 is 11.3 Å². The molecule has 1 atom stereocenters. The Bertz CT molecular complexity index is 479. The first-order valence-corrected chi connectivity index (χ1v) is 7.08. The van der Waals surface area contributed by atoms with Gasteiger partial charge in [-0.3, -0.25) is 4.90 Å². The Morgan fingerprint density at radius 1 is 1.22 bits per heavy atom. The largest absolute Gasteiger partial charge is 0.329 e. The number of nitrogens with two attached hydrogens (primary N) is 1. The van der Waals surface area contributed by atoms with Crippen LogP contribution in [0.3, 0.4) is 0 Å². The van der Waals surface area contributed by atoms with E-state index in [0.29, 0.717) is 12.6 Å². The Balaban J connectivity index is 2.11. The molecule has 1 aromatic heterocycles. The molecular formula is C15H20N2S. The maximum atomic E-state index is 5.92. The second-order valence-corrected chi connectivity index (χ2v) is 5.59. The highest BCUT2D eigenvalue weighted by molar-refractivity contribution is 7.10. The van der Waals surface area contributed by atoms with E-state index in [4.69, 9.17) is 5.73 Å². The molecule has 3 heteroatoms. The van der Waals surface area contributed by atoms with E-state index in [1.54, 1.807) is 11.3 Å². The number of hydrogen-bond acceptors (Lipinski definition) is 3. The van der Waals surface area contributed by atoms with Gasteiger partial charge in [0.25, 0.3) is 0 Å². The SMILES string of the molecule is Cc1ccccc1CN(C)C(CN)c1cccs1. The minimum Gasteiger partial charge on any atom is -0.329 e. The van der Waals surface area contributed by atoms with Crippen molar-refractivity contribution in [2.24, 2.45) is 5.73 Å². The third-order valence-electron chi connectivity index (χ3n) is 3.31. The average Bonchev–Trinajstić information content (AvgIpc) is 2.87. The fourth-order valence-electron chi connectivity index (χ4n) is 2.16. The Kier molecular flexibility index (Phi) is 4.53. The molecule has 0 saturated heterocycles. The highest BCUT2D eigenvalue weighted by atomic mass is 32.1. The first-order chi connectivity index (χ1) is 8.72. The van der Waals surface area contributed by atoms with E-state index in [0.717, 1.165) is 6.54 Å². The van der Waals surface area contributed by atoms with Crippen molar-refractivity contribution in [1.82, 2.24) is 4.90 Å². The first-order valence-electron chi connectivity index (χ1n) is 6.20. The number of nitrogens with zero attached hydrogens (tertiary/aromatic N) is 1. The number of benzene rings is 1. The van der Waals surface area contributed by atoms with Gasteiger partial charge in [0.2, 0.25) is 0 Å². The smallest absolute Gasteiger partial charge is 0.0564 e. The molecular weight excluding hydrogens is 240 g/mol. The van der Waals surface area contributed by atoms with E-state index in [9.17, 15) is 0 Å². The predicted molar refractivity (Wildman–Crippen MR) is 78.8 cm³/mol. The Morgan fingerprint density at radius 2 is 2.00 bits per heavy atom. The van der Waals surface area contributed by atoms with Gasteiger partial charge in [0.1, 0.15) is 0 Å². The molecule has 0 aliphatic heterocycles. The quantitative estimate of drug-likeness (QED) is 0.894. The van der Waals surface area contributed by atoms with Crippen LogP contribution in [0.1, 0.15) is 22.0 Å². The van der Waals surface area contributed by atoms with Gasteiger partial charge >= 0.3 is 0 Å². The van der Waals surface area contributed by atoms with Gasteiger partial charge in [-0.15, -0.1) is 11.3 Å². The Morgan fingerprint density at radius 3 is 2.61 bits per heavy atom. The van der Waals surface area contributed by atoms with Crippen molar-refractivity contribution in [2.75, 3.05) is 13.6 Å². The molecule has 2 aromatic rings. The first kappa shape index (κ1) is 13.3. The molecule has 1 unspecified atom stereocenters. The van der Waals surface area contributed by atoms with Gasteiger partial charge in [-0.05, 0) is 36.5 Å². The molecule has 0 amide bonds. The number of rotatable bonds is 5. The van der Waals surface area contributed by atoms with Crippen LogP contribution in [-0.2, 0) is 6.54 Å². The van der Waals surface area contributed by atoms with Crippen LogP contribution in [0.5, 0.6) is 0 Å². The van der Waals surface area contributed by atoms with Gasteiger partial charge in [0, 0.05) is 18.0 Å². The molecule has 96 valence electrons. The van der Waals surface area contributed by atoms with E-state index in [-0.39, 0.29) is 0 Å². The summed E-state index contributed by atoms with van der Waals surface area (Å²) in [5, 5.41) is 2.11. The van der Waals surface area contributed by atoms with Crippen LogP contribution < -0.4 is 5.73 Å². The minimum atomic E-state index is 0.310. The van der Waals surface area contributed by atoms with E-state index in [1.165, 1.54) is 16.0 Å². The van der Waals surface area contributed by atoms with E-state index in [1.807, 2.05) is 0 Å². The lowest BCUT2D eigenvalue weighted by molar-refractivity contribution is 0.244. The monoisotopic (exact) mass is 260 g/mol. The van der Waals surface area contributed by atoms with E-state index < -0.39 is 0 Å². The maximum Gasteiger partial charge on any atom is 0.0564 e. The van der Waals surface area contributed by atoms with Crippen LogP contribution in [0.15, 0.2) is 41.8 Å². The minimum absolute atomic E-state index is 0.310. The molecule has 0 aliphatic carbocycles. The second-order valence-electron chi connectivity index (χ2n) is 4.61. The molecule has 2 rings (SSSR count). The third-order valence-corrected chi connectivity index (χ3v) is 4.28. The molecule has 0 radical (unpaired) electrons. The highest BCUT2D eigenvalue weighted by Gasteiger charge is 2.16. The molecule has 18 heavy (non-hydrogen) atoms. The lowest BCUT2D eigenvalue weighted by Gasteiger charge is -2.26. The highest BCUT2D eigenvalue weighted by Crippen LogP contribution is 2.24. The zero-order valence-corrected chi connectivity index (χ0v) is 11.8. The lowest BCUT2D eigenvalue weighted by atomic mass is 10.1. The Hall–Kier alpha value is -1.16. The second kappa shape index (κ2) is 6.14. The zero-order chi connectivity index (χ0) is 13.0. The van der Waals surface area contributed by atoms with Gasteiger partial charge in [0.15, 0.2) is 0 Å². The van der Waals surface area contributed by atoms with Crippen molar-refractivity contribution in [3.05, 3.63) is 57.8 Å². The third kappa shape index (κ3) is 2.99. The number of aryl methyl sites for hydroxylation is 1. The fourth-order valence-corrected chi connectivity index (χ4v) is 3.07. The standard InChI is InChI=1S/C15H20N2S/c1-12-6-3-4-7-13(12)11-17(2)14(10-16)15-8-5-9-18-15/h3-9,14H,10-11,16H2,1-2H3. The molecule has 0 saturated carbocycles. The molecule has 2 nitrogen and oxygen atoms in total. The van der Waals surface area contributed by atoms with Crippen LogP contribution in [-0.4, -0.2) is 18.5 Å². The summed E-state index contributed by atoms with van der Waals surface area (Å²) >= 11 is 1.78. The topological polar surface area (TPSA) is 29.3 Å². The summed E-state index contributed by atoms with van der Waals surface area (Å²) < 4.78 is 0. The van der Waals surface area contributed by atoms with Crippen molar-refractivity contribution in [1.29, 1.82) is 0 Å². The number of likely N-dealkylation sites (N-methyl/N-ethyl adjacent to an activating group) is 1. The van der Waals surface area contributed by atoms with Crippen LogP contribution in [0.4, 0.5) is 0 Å². The maximum absolute atomic E-state index is 5.92. The summed E-state index contributed by atoms with van der Waals surface area (Å²) in [5.74, 6) is 0. The van der Waals surface area contributed by atoms with Gasteiger partial charge in [-0.2, -0.15) is 0 Å². The van der Waals surface area contributed by atoms with Gasteiger partial charge in [-0.1, -0.05) is 30.3 Å². The van der Waals surface area contributed by atoms with Crippen LogP contribution in [0, 0.1) is 6.92 Å². The summed E-state index contributed by atoms with van der Waals surface area (Å²) in [7, 11) is 2.14. The molecule has 0 fully saturated rings. The summed E-state index contributed by atoms with van der Waals surface area (Å²) in [5.41, 5.74) is 8.63.